The zero-order valence-electron chi connectivity index (χ0n) is 15.5. The summed E-state index contributed by atoms with van der Waals surface area (Å²) < 4.78 is 7.59. The predicted octanol–water partition coefficient (Wildman–Crippen LogP) is 5.64. The number of halogens is 2. The van der Waals surface area contributed by atoms with Crippen LogP contribution in [0.15, 0.2) is 29.4 Å². The summed E-state index contributed by atoms with van der Waals surface area (Å²) in [6.07, 6.45) is 2.97. The van der Waals surface area contributed by atoms with Gasteiger partial charge in [0.25, 0.3) is 0 Å². The van der Waals surface area contributed by atoms with Crippen LogP contribution in [0.1, 0.15) is 6.42 Å². The largest absolute Gasteiger partial charge is 0.359 e. The first-order valence-electron chi connectivity index (χ1n) is 8.61. The molecule has 1 aromatic carbocycles. The van der Waals surface area contributed by atoms with Crippen molar-refractivity contribution in [3.05, 3.63) is 34.4 Å². The van der Waals surface area contributed by atoms with Gasteiger partial charge in [0, 0.05) is 21.0 Å². The molecule has 3 aromatic rings. The molecule has 0 atom stereocenters. The maximum absolute atomic E-state index is 6.48. The molecule has 0 aliphatic heterocycles. The molecule has 2 heterocycles. The van der Waals surface area contributed by atoms with Crippen molar-refractivity contribution in [2.75, 3.05) is 12.9 Å². The van der Waals surface area contributed by atoms with Gasteiger partial charge in [0.2, 0.25) is 0 Å². The molecule has 0 saturated carbocycles. The van der Waals surface area contributed by atoms with Gasteiger partial charge in [-0.25, -0.2) is 14.6 Å². The van der Waals surface area contributed by atoms with Gasteiger partial charge in [-0.2, -0.15) is 5.10 Å². The van der Waals surface area contributed by atoms with E-state index in [1.807, 2.05) is 30.5 Å². The van der Waals surface area contributed by atoms with E-state index in [0.29, 0.717) is 45.4 Å². The molecule has 27 heavy (non-hydrogen) atoms. The number of rotatable bonds is 8. The van der Waals surface area contributed by atoms with E-state index in [-0.39, 0.29) is 8.80 Å². The standard InChI is InChI=1S/C18H21Cl2N4OSSi/c1-26-18-21-16(20)14-15(12-7-4-5-8-13(12)19)23-24(17(14)22-18)11-25-9-6-10-27(2)3/h4-5,7-8H,6,9-11H2,1-3H3. The number of aromatic nitrogens is 4. The normalized spacial score (nSPS) is 11.6. The number of ether oxygens (including phenoxy) is 1. The van der Waals surface area contributed by atoms with E-state index in [0.717, 1.165) is 12.0 Å². The lowest BCUT2D eigenvalue weighted by Crippen LogP contribution is -2.08. The molecule has 0 N–H and O–H groups in total. The monoisotopic (exact) mass is 439 g/mol. The summed E-state index contributed by atoms with van der Waals surface area (Å²) in [7, 11) is -0.222. The van der Waals surface area contributed by atoms with E-state index < -0.39 is 0 Å². The Morgan fingerprint density at radius 3 is 2.67 bits per heavy atom. The van der Waals surface area contributed by atoms with Crippen LogP contribution in [0.5, 0.6) is 0 Å². The molecule has 0 unspecified atom stereocenters. The summed E-state index contributed by atoms with van der Waals surface area (Å²) in [5.41, 5.74) is 2.13. The van der Waals surface area contributed by atoms with E-state index in [2.05, 4.69) is 23.1 Å². The van der Waals surface area contributed by atoms with Crippen LogP contribution in [-0.4, -0.2) is 41.4 Å². The topological polar surface area (TPSA) is 52.8 Å². The third-order valence-electron chi connectivity index (χ3n) is 4.02. The fourth-order valence-electron chi connectivity index (χ4n) is 2.71. The fraction of sp³-hybridized carbons (Fsp3) is 0.389. The van der Waals surface area contributed by atoms with Crippen LogP contribution in [0, 0.1) is 0 Å². The van der Waals surface area contributed by atoms with Crippen LogP contribution >= 0.6 is 35.0 Å². The summed E-state index contributed by atoms with van der Waals surface area (Å²) >= 11 is 14.3. The Bertz CT molecular complexity index is 935. The minimum absolute atomic E-state index is 0.222. The highest BCUT2D eigenvalue weighted by Gasteiger charge is 2.20. The molecule has 2 aromatic heterocycles. The third kappa shape index (κ3) is 4.84. The van der Waals surface area contributed by atoms with Crippen LogP contribution in [0.25, 0.3) is 22.3 Å². The molecule has 9 heteroatoms. The highest BCUT2D eigenvalue weighted by molar-refractivity contribution is 7.98. The van der Waals surface area contributed by atoms with Gasteiger partial charge >= 0.3 is 0 Å². The van der Waals surface area contributed by atoms with Gasteiger partial charge < -0.3 is 4.74 Å². The second-order valence-electron chi connectivity index (χ2n) is 6.38. The molecule has 0 bridgehead atoms. The van der Waals surface area contributed by atoms with Gasteiger partial charge in [0.1, 0.15) is 17.6 Å². The van der Waals surface area contributed by atoms with Crippen molar-refractivity contribution in [1.82, 2.24) is 19.7 Å². The van der Waals surface area contributed by atoms with Crippen LogP contribution in [0.4, 0.5) is 0 Å². The van der Waals surface area contributed by atoms with Crippen LogP contribution < -0.4 is 0 Å². The number of hydrogen-bond acceptors (Lipinski definition) is 5. The fourth-order valence-corrected chi connectivity index (χ4v) is 4.46. The lowest BCUT2D eigenvalue weighted by Gasteiger charge is -2.06. The molecule has 5 nitrogen and oxygen atoms in total. The van der Waals surface area contributed by atoms with Crippen molar-refractivity contribution in [1.29, 1.82) is 0 Å². The highest BCUT2D eigenvalue weighted by atomic mass is 35.5. The number of hydrogen-bond donors (Lipinski definition) is 0. The van der Waals surface area contributed by atoms with Gasteiger partial charge in [0.15, 0.2) is 10.8 Å². The Morgan fingerprint density at radius 1 is 1.19 bits per heavy atom. The maximum Gasteiger partial charge on any atom is 0.190 e. The average Bonchev–Trinajstić information content (AvgIpc) is 3.00. The van der Waals surface area contributed by atoms with Crippen LogP contribution in [-0.2, 0) is 11.5 Å². The summed E-state index contributed by atoms with van der Waals surface area (Å²) in [4.78, 5) is 8.97. The third-order valence-corrected chi connectivity index (χ3v) is 6.52. The summed E-state index contributed by atoms with van der Waals surface area (Å²) in [6.45, 7) is 5.64. The van der Waals surface area contributed by atoms with E-state index in [1.165, 1.54) is 17.8 Å². The molecule has 0 spiro atoms. The number of fused-ring (bicyclic) bond motifs is 1. The van der Waals surface area contributed by atoms with E-state index >= 15 is 0 Å². The summed E-state index contributed by atoms with van der Waals surface area (Å²) in [6, 6.07) is 8.79. The molecular formula is C18H21Cl2N4OSSi. The Labute approximate surface area is 175 Å². The quantitative estimate of drug-likeness (QED) is 0.149. The van der Waals surface area contributed by atoms with Crippen molar-refractivity contribution in [2.24, 2.45) is 0 Å². The zero-order chi connectivity index (χ0) is 19.4. The van der Waals surface area contributed by atoms with Crippen molar-refractivity contribution in [3.8, 4) is 11.3 Å². The lowest BCUT2D eigenvalue weighted by molar-refractivity contribution is 0.0719. The summed E-state index contributed by atoms with van der Waals surface area (Å²) in [5.74, 6) is 0. The van der Waals surface area contributed by atoms with Crippen LogP contribution in [0.2, 0.25) is 29.3 Å². The molecule has 1 radical (unpaired) electrons. The minimum atomic E-state index is -0.222. The number of nitrogens with zero attached hydrogens (tertiary/aromatic N) is 4. The predicted molar refractivity (Wildman–Crippen MR) is 115 cm³/mol. The van der Waals surface area contributed by atoms with Crippen molar-refractivity contribution >= 4 is 54.8 Å². The zero-order valence-corrected chi connectivity index (χ0v) is 18.8. The van der Waals surface area contributed by atoms with Crippen molar-refractivity contribution < 1.29 is 4.74 Å². The Hall–Kier alpha value is -1.12. The molecule has 3 rings (SSSR count). The van der Waals surface area contributed by atoms with Gasteiger partial charge in [-0.15, -0.1) is 0 Å². The number of thioether (sulfide) groups is 1. The van der Waals surface area contributed by atoms with E-state index in [9.17, 15) is 0 Å². The second kappa shape index (κ2) is 9.38. The SMILES string of the molecule is CSc1nc(Cl)c2c(-c3ccccc3Cl)nn(COCCC[Si](C)C)c2n1. The van der Waals surface area contributed by atoms with E-state index in [4.69, 9.17) is 33.0 Å². The first-order chi connectivity index (χ1) is 13.0. The molecule has 0 amide bonds. The Morgan fingerprint density at radius 2 is 1.96 bits per heavy atom. The highest BCUT2D eigenvalue weighted by Crippen LogP contribution is 2.36. The Balaban J connectivity index is 1.98. The Kier molecular flexibility index (Phi) is 7.16. The molecule has 0 aliphatic carbocycles. The first-order valence-corrected chi connectivity index (χ1v) is 13.3. The van der Waals surface area contributed by atoms with Gasteiger partial charge in [0.05, 0.1) is 10.4 Å². The second-order valence-corrected chi connectivity index (χ2v) is 10.8. The molecule has 0 saturated heterocycles. The van der Waals surface area contributed by atoms with Gasteiger partial charge in [-0.1, -0.05) is 72.3 Å². The van der Waals surface area contributed by atoms with Crippen LogP contribution in [0.3, 0.4) is 0 Å². The molecular weight excluding hydrogens is 419 g/mol. The van der Waals surface area contributed by atoms with Crippen molar-refractivity contribution in [3.63, 3.8) is 0 Å². The van der Waals surface area contributed by atoms with E-state index in [1.54, 1.807) is 4.68 Å². The van der Waals surface area contributed by atoms with Gasteiger partial charge in [-0.05, 0) is 18.7 Å². The first kappa shape index (κ1) is 20.6. The average molecular weight is 440 g/mol. The molecule has 0 aliphatic rings. The van der Waals surface area contributed by atoms with Gasteiger partial charge in [-0.3, -0.25) is 0 Å². The smallest absolute Gasteiger partial charge is 0.190 e. The maximum atomic E-state index is 6.48. The molecule has 143 valence electrons. The lowest BCUT2D eigenvalue weighted by atomic mass is 10.1. The van der Waals surface area contributed by atoms with Crippen molar-refractivity contribution in [2.45, 2.75) is 37.4 Å². The molecule has 0 fully saturated rings. The summed E-state index contributed by atoms with van der Waals surface area (Å²) in [5, 5.41) is 6.98. The number of benzene rings is 1. The minimum Gasteiger partial charge on any atom is -0.359 e.